The number of hydrogen-bond donors (Lipinski definition) is 1. The molecule has 1 aromatic carbocycles. The Hall–Kier alpha value is -0.280. The number of hydrogen-bond acceptors (Lipinski definition) is 2. The van der Waals surface area contributed by atoms with E-state index in [4.69, 9.17) is 28.9 Å². The summed E-state index contributed by atoms with van der Waals surface area (Å²) in [7, 11) is 2.04. The highest BCUT2D eigenvalue weighted by atomic mass is 35.5. The molecule has 0 fully saturated rings. The average Bonchev–Trinajstić information content (AvgIpc) is 2.41. The van der Waals surface area contributed by atoms with Gasteiger partial charge in [-0.1, -0.05) is 23.2 Å². The number of rotatable bonds is 1. The van der Waals surface area contributed by atoms with Gasteiger partial charge in [0.15, 0.2) is 0 Å². The summed E-state index contributed by atoms with van der Waals surface area (Å²) < 4.78 is 0. The largest absolute Gasteiger partial charge is 0.329 e. The molecule has 1 atom stereocenters. The Morgan fingerprint density at radius 3 is 2.86 bits per heavy atom. The third-order valence-corrected chi connectivity index (χ3v) is 3.27. The lowest BCUT2D eigenvalue weighted by atomic mass is 10.1. The molecule has 2 N–H and O–H groups in total. The predicted octanol–water partition coefficient (Wildman–Crippen LogP) is 2.44. The van der Waals surface area contributed by atoms with E-state index in [1.165, 1.54) is 5.56 Å². The fraction of sp³-hybridized carbons (Fsp3) is 0.400. The Kier molecular flexibility index (Phi) is 2.71. The summed E-state index contributed by atoms with van der Waals surface area (Å²) in [6.45, 7) is 1.45. The van der Waals surface area contributed by atoms with Gasteiger partial charge in [-0.05, 0) is 30.3 Å². The maximum absolute atomic E-state index is 6.11. The van der Waals surface area contributed by atoms with Crippen LogP contribution in [0.25, 0.3) is 0 Å². The maximum Gasteiger partial charge on any atom is 0.0475 e. The van der Waals surface area contributed by atoms with Crippen molar-refractivity contribution in [1.29, 1.82) is 0 Å². The van der Waals surface area contributed by atoms with Crippen LogP contribution in [0.2, 0.25) is 10.0 Å². The number of nitrogens with zero attached hydrogens (tertiary/aromatic N) is 1. The normalized spacial score (nSPS) is 21.3. The van der Waals surface area contributed by atoms with Gasteiger partial charge in [0.25, 0.3) is 0 Å². The summed E-state index contributed by atoms with van der Waals surface area (Å²) in [6, 6.07) is 4.00. The lowest BCUT2D eigenvalue weighted by molar-refractivity contribution is 0.274. The van der Waals surface area contributed by atoms with Crippen molar-refractivity contribution in [2.45, 2.75) is 12.6 Å². The van der Waals surface area contributed by atoms with Crippen LogP contribution in [0.15, 0.2) is 12.1 Å². The van der Waals surface area contributed by atoms with Gasteiger partial charge < -0.3 is 5.73 Å². The van der Waals surface area contributed by atoms with E-state index in [0.29, 0.717) is 11.6 Å². The zero-order valence-electron chi connectivity index (χ0n) is 7.93. The van der Waals surface area contributed by atoms with E-state index < -0.39 is 0 Å². The van der Waals surface area contributed by atoms with Crippen LogP contribution in [0, 0.1) is 0 Å². The Labute approximate surface area is 93.6 Å². The molecule has 0 spiro atoms. The van der Waals surface area contributed by atoms with Gasteiger partial charge in [0.1, 0.15) is 0 Å². The van der Waals surface area contributed by atoms with Crippen molar-refractivity contribution in [1.82, 2.24) is 4.90 Å². The van der Waals surface area contributed by atoms with E-state index in [0.717, 1.165) is 17.1 Å². The SMILES string of the molecule is CN1Cc2c(Cl)cc(Cl)cc2C1CN. The summed E-state index contributed by atoms with van der Waals surface area (Å²) >= 11 is 12.1. The zero-order valence-corrected chi connectivity index (χ0v) is 9.44. The fourth-order valence-corrected chi connectivity index (χ4v) is 2.56. The maximum atomic E-state index is 6.11. The number of halogens is 2. The highest BCUT2D eigenvalue weighted by molar-refractivity contribution is 6.35. The lowest BCUT2D eigenvalue weighted by Crippen LogP contribution is -2.23. The highest BCUT2D eigenvalue weighted by Crippen LogP contribution is 2.37. The molecule has 1 aliphatic heterocycles. The molecule has 0 aromatic heterocycles. The molecule has 2 rings (SSSR count). The monoisotopic (exact) mass is 230 g/mol. The standard InChI is InChI=1S/C10H12Cl2N2/c1-14-5-8-7(10(14)4-13)2-6(11)3-9(8)12/h2-3,10H,4-5,13H2,1H3. The molecular formula is C10H12Cl2N2. The van der Waals surface area contributed by atoms with Crippen LogP contribution >= 0.6 is 23.2 Å². The minimum absolute atomic E-state index is 0.251. The Morgan fingerprint density at radius 1 is 1.50 bits per heavy atom. The van der Waals surface area contributed by atoms with Gasteiger partial charge in [-0.15, -0.1) is 0 Å². The van der Waals surface area contributed by atoms with E-state index in [1.54, 1.807) is 6.07 Å². The van der Waals surface area contributed by atoms with Crippen LogP contribution in [0.1, 0.15) is 17.2 Å². The third kappa shape index (κ3) is 1.52. The number of benzene rings is 1. The molecule has 2 nitrogen and oxygen atoms in total. The second-order valence-electron chi connectivity index (χ2n) is 3.62. The molecule has 0 bridgehead atoms. The predicted molar refractivity (Wildman–Crippen MR) is 59.7 cm³/mol. The van der Waals surface area contributed by atoms with Crippen LogP contribution in [-0.2, 0) is 6.54 Å². The summed E-state index contributed by atoms with van der Waals surface area (Å²) in [4.78, 5) is 2.19. The molecule has 1 heterocycles. The van der Waals surface area contributed by atoms with Crippen molar-refractivity contribution < 1.29 is 0 Å². The zero-order chi connectivity index (χ0) is 10.3. The molecule has 14 heavy (non-hydrogen) atoms. The third-order valence-electron chi connectivity index (χ3n) is 2.72. The summed E-state index contributed by atoms with van der Waals surface area (Å²) in [5, 5.41) is 1.43. The summed E-state index contributed by atoms with van der Waals surface area (Å²) in [6.07, 6.45) is 0. The summed E-state index contributed by atoms with van der Waals surface area (Å²) in [5.74, 6) is 0. The minimum Gasteiger partial charge on any atom is -0.329 e. The van der Waals surface area contributed by atoms with E-state index >= 15 is 0 Å². The summed E-state index contributed by atoms with van der Waals surface area (Å²) in [5.41, 5.74) is 8.05. The van der Waals surface area contributed by atoms with Gasteiger partial charge in [-0.2, -0.15) is 0 Å². The first-order valence-electron chi connectivity index (χ1n) is 4.51. The second kappa shape index (κ2) is 3.70. The molecule has 0 amide bonds. The van der Waals surface area contributed by atoms with Crippen LogP contribution < -0.4 is 5.73 Å². The molecule has 0 aliphatic carbocycles. The van der Waals surface area contributed by atoms with Gasteiger partial charge in [0.05, 0.1) is 0 Å². The van der Waals surface area contributed by atoms with Crippen LogP contribution in [0.4, 0.5) is 0 Å². The molecule has 0 saturated heterocycles. The Balaban J connectivity index is 2.53. The fourth-order valence-electron chi connectivity index (χ4n) is 1.99. The molecule has 0 saturated carbocycles. The number of fused-ring (bicyclic) bond motifs is 1. The van der Waals surface area contributed by atoms with Crippen molar-refractivity contribution in [3.63, 3.8) is 0 Å². The van der Waals surface area contributed by atoms with E-state index in [-0.39, 0.29) is 6.04 Å². The molecule has 1 aliphatic rings. The van der Waals surface area contributed by atoms with Crippen LogP contribution in [0.3, 0.4) is 0 Å². The van der Waals surface area contributed by atoms with Gasteiger partial charge in [0, 0.05) is 29.2 Å². The van der Waals surface area contributed by atoms with E-state index in [1.807, 2.05) is 13.1 Å². The molecule has 76 valence electrons. The molecule has 4 heteroatoms. The average molecular weight is 231 g/mol. The van der Waals surface area contributed by atoms with Gasteiger partial charge in [-0.3, -0.25) is 4.90 Å². The van der Waals surface area contributed by atoms with Crippen LogP contribution in [0.5, 0.6) is 0 Å². The van der Waals surface area contributed by atoms with Crippen LogP contribution in [-0.4, -0.2) is 18.5 Å². The van der Waals surface area contributed by atoms with Crippen molar-refractivity contribution in [3.05, 3.63) is 33.3 Å². The molecular weight excluding hydrogens is 219 g/mol. The second-order valence-corrected chi connectivity index (χ2v) is 4.47. The lowest BCUT2D eigenvalue weighted by Gasteiger charge is -2.17. The van der Waals surface area contributed by atoms with Gasteiger partial charge in [0.2, 0.25) is 0 Å². The van der Waals surface area contributed by atoms with E-state index in [9.17, 15) is 0 Å². The molecule has 1 unspecified atom stereocenters. The number of likely N-dealkylation sites (N-methyl/N-ethyl adjacent to an activating group) is 1. The van der Waals surface area contributed by atoms with Crippen molar-refractivity contribution in [2.24, 2.45) is 5.73 Å². The highest BCUT2D eigenvalue weighted by Gasteiger charge is 2.28. The van der Waals surface area contributed by atoms with Crippen molar-refractivity contribution in [2.75, 3.05) is 13.6 Å². The first-order chi connectivity index (χ1) is 6.63. The Morgan fingerprint density at radius 2 is 2.21 bits per heavy atom. The van der Waals surface area contributed by atoms with Crippen molar-refractivity contribution >= 4 is 23.2 Å². The quantitative estimate of drug-likeness (QED) is 0.804. The van der Waals surface area contributed by atoms with E-state index in [2.05, 4.69) is 4.90 Å². The molecule has 1 aromatic rings. The molecule has 0 radical (unpaired) electrons. The van der Waals surface area contributed by atoms with Crippen molar-refractivity contribution in [3.8, 4) is 0 Å². The Bertz CT molecular complexity index is 365. The van der Waals surface area contributed by atoms with Gasteiger partial charge >= 0.3 is 0 Å². The first kappa shape index (κ1) is 10.2. The smallest absolute Gasteiger partial charge is 0.0475 e. The first-order valence-corrected chi connectivity index (χ1v) is 5.27. The number of nitrogens with two attached hydrogens (primary N) is 1. The minimum atomic E-state index is 0.251. The topological polar surface area (TPSA) is 29.3 Å². The van der Waals surface area contributed by atoms with Gasteiger partial charge in [-0.25, -0.2) is 0 Å².